The number of carboxylic acids is 1. The summed E-state index contributed by atoms with van der Waals surface area (Å²) in [6.07, 6.45) is 10.7. The van der Waals surface area contributed by atoms with Crippen LogP contribution < -0.4 is 4.74 Å². The van der Waals surface area contributed by atoms with Gasteiger partial charge in [0.15, 0.2) is 0 Å². The fourth-order valence-electron chi connectivity index (χ4n) is 3.93. The van der Waals surface area contributed by atoms with E-state index in [0.29, 0.717) is 24.5 Å². The van der Waals surface area contributed by atoms with E-state index in [2.05, 4.69) is 9.88 Å². The molecule has 2 heterocycles. The lowest BCUT2D eigenvalue weighted by atomic mass is 9.83. The molecule has 2 aliphatic rings. The molecule has 126 valence electrons. The summed E-state index contributed by atoms with van der Waals surface area (Å²) in [6.45, 7) is 2.17. The van der Waals surface area contributed by atoms with E-state index in [1.807, 2.05) is 12.1 Å². The van der Waals surface area contributed by atoms with E-state index in [1.165, 1.54) is 0 Å². The summed E-state index contributed by atoms with van der Waals surface area (Å²) in [7, 11) is 0. The van der Waals surface area contributed by atoms with Gasteiger partial charge in [0.25, 0.3) is 0 Å². The monoisotopic (exact) mass is 318 g/mol. The Kier molecular flexibility index (Phi) is 5.49. The van der Waals surface area contributed by atoms with Gasteiger partial charge >= 0.3 is 5.97 Å². The van der Waals surface area contributed by atoms with Crippen molar-refractivity contribution in [2.75, 3.05) is 13.1 Å². The largest absolute Gasteiger partial charge is 0.490 e. The number of carbonyl (C=O) groups is 1. The molecule has 1 aromatic rings. The Bertz CT molecular complexity index is 492. The van der Waals surface area contributed by atoms with Gasteiger partial charge in [-0.25, -0.2) is 0 Å². The molecular weight excluding hydrogens is 292 g/mol. The quantitative estimate of drug-likeness (QED) is 0.904. The van der Waals surface area contributed by atoms with E-state index >= 15 is 0 Å². The van der Waals surface area contributed by atoms with E-state index < -0.39 is 5.97 Å². The Morgan fingerprint density at radius 1 is 1.13 bits per heavy atom. The van der Waals surface area contributed by atoms with Crippen molar-refractivity contribution in [1.29, 1.82) is 0 Å². The van der Waals surface area contributed by atoms with Gasteiger partial charge in [-0.3, -0.25) is 9.78 Å². The van der Waals surface area contributed by atoms with Gasteiger partial charge < -0.3 is 14.7 Å². The molecule has 0 amide bonds. The third-order valence-corrected chi connectivity index (χ3v) is 5.23. The molecule has 0 aromatic carbocycles. The van der Waals surface area contributed by atoms with E-state index in [0.717, 1.165) is 57.4 Å². The van der Waals surface area contributed by atoms with Crippen LogP contribution in [0.5, 0.6) is 5.75 Å². The maximum atomic E-state index is 10.8. The Hall–Kier alpha value is -1.62. The fraction of sp³-hybridized carbons (Fsp3) is 0.667. The van der Waals surface area contributed by atoms with Crippen molar-refractivity contribution in [1.82, 2.24) is 9.88 Å². The molecule has 1 aliphatic heterocycles. The highest BCUT2D eigenvalue weighted by Crippen LogP contribution is 2.31. The molecule has 3 rings (SSSR count). The van der Waals surface area contributed by atoms with Crippen LogP contribution in [-0.4, -0.2) is 46.2 Å². The standard InChI is InChI=1S/C18H26N2O3/c21-18(22)13-14-1-3-15(4-2-14)20-11-7-17(8-12-20)23-16-5-9-19-10-6-16/h5-6,9-10,14-15,17H,1-4,7-8,11-13H2,(H,21,22). The van der Waals surface area contributed by atoms with Gasteiger partial charge in [0.05, 0.1) is 0 Å². The minimum atomic E-state index is -0.650. The summed E-state index contributed by atoms with van der Waals surface area (Å²) in [4.78, 5) is 17.4. The Morgan fingerprint density at radius 3 is 2.39 bits per heavy atom. The summed E-state index contributed by atoms with van der Waals surface area (Å²) in [5, 5.41) is 8.90. The van der Waals surface area contributed by atoms with Gasteiger partial charge in [-0.2, -0.15) is 0 Å². The third kappa shape index (κ3) is 4.67. The average molecular weight is 318 g/mol. The predicted octanol–water partition coefficient (Wildman–Crippen LogP) is 2.96. The summed E-state index contributed by atoms with van der Waals surface area (Å²) in [5.74, 6) is 0.645. The highest BCUT2D eigenvalue weighted by Gasteiger charge is 2.30. The molecule has 1 saturated carbocycles. The minimum Gasteiger partial charge on any atom is -0.490 e. The maximum absolute atomic E-state index is 10.8. The first kappa shape index (κ1) is 16.2. The van der Waals surface area contributed by atoms with Gasteiger partial charge in [-0.05, 0) is 56.6 Å². The molecule has 5 nitrogen and oxygen atoms in total. The molecule has 2 fully saturated rings. The molecule has 1 aliphatic carbocycles. The second kappa shape index (κ2) is 7.77. The van der Waals surface area contributed by atoms with E-state index in [1.54, 1.807) is 12.4 Å². The number of aromatic nitrogens is 1. The molecule has 1 saturated heterocycles. The number of pyridine rings is 1. The minimum absolute atomic E-state index is 0.303. The molecule has 1 N–H and O–H groups in total. The molecule has 0 radical (unpaired) electrons. The van der Waals surface area contributed by atoms with Crippen LogP contribution in [0.25, 0.3) is 0 Å². The normalized spacial score (nSPS) is 26.8. The Morgan fingerprint density at radius 2 is 1.78 bits per heavy atom. The first-order chi connectivity index (χ1) is 11.2. The van der Waals surface area contributed by atoms with Gasteiger partial charge in [-0.1, -0.05) is 0 Å². The van der Waals surface area contributed by atoms with Crippen LogP contribution in [0.1, 0.15) is 44.9 Å². The molecule has 0 unspecified atom stereocenters. The number of hydrogen-bond acceptors (Lipinski definition) is 4. The van der Waals surface area contributed by atoms with E-state index in [9.17, 15) is 4.79 Å². The number of hydrogen-bond donors (Lipinski definition) is 1. The number of piperidine rings is 1. The van der Waals surface area contributed by atoms with Crippen molar-refractivity contribution in [2.24, 2.45) is 5.92 Å². The number of aliphatic carboxylic acids is 1. The fourth-order valence-corrected chi connectivity index (χ4v) is 3.93. The highest BCUT2D eigenvalue weighted by molar-refractivity contribution is 5.67. The summed E-state index contributed by atoms with van der Waals surface area (Å²) < 4.78 is 6.02. The molecule has 1 aromatic heterocycles. The van der Waals surface area contributed by atoms with Gasteiger partial charge in [-0.15, -0.1) is 0 Å². The van der Waals surface area contributed by atoms with Crippen molar-refractivity contribution < 1.29 is 14.6 Å². The number of likely N-dealkylation sites (tertiary alicyclic amines) is 1. The van der Waals surface area contributed by atoms with Crippen LogP contribution in [0.2, 0.25) is 0 Å². The summed E-state index contributed by atoms with van der Waals surface area (Å²) in [5.41, 5.74) is 0. The highest BCUT2D eigenvalue weighted by atomic mass is 16.5. The summed E-state index contributed by atoms with van der Waals surface area (Å²) >= 11 is 0. The zero-order chi connectivity index (χ0) is 16.1. The maximum Gasteiger partial charge on any atom is 0.303 e. The first-order valence-corrected chi connectivity index (χ1v) is 8.73. The lowest BCUT2D eigenvalue weighted by Crippen LogP contribution is -2.45. The average Bonchev–Trinajstić information content (AvgIpc) is 2.57. The molecule has 23 heavy (non-hydrogen) atoms. The zero-order valence-corrected chi connectivity index (χ0v) is 13.6. The van der Waals surface area contributed by atoms with Crippen molar-refractivity contribution in [3.8, 4) is 5.75 Å². The van der Waals surface area contributed by atoms with Crippen molar-refractivity contribution >= 4 is 5.97 Å². The van der Waals surface area contributed by atoms with Crippen LogP contribution in [0.15, 0.2) is 24.5 Å². The zero-order valence-electron chi connectivity index (χ0n) is 13.6. The molecule has 0 bridgehead atoms. The lowest BCUT2D eigenvalue weighted by molar-refractivity contribution is -0.138. The molecule has 5 heteroatoms. The number of nitrogens with zero attached hydrogens (tertiary/aromatic N) is 2. The van der Waals surface area contributed by atoms with E-state index in [4.69, 9.17) is 9.84 Å². The van der Waals surface area contributed by atoms with Crippen molar-refractivity contribution in [3.05, 3.63) is 24.5 Å². The Balaban J connectivity index is 1.40. The lowest BCUT2D eigenvalue weighted by Gasteiger charge is -2.40. The second-order valence-corrected chi connectivity index (χ2v) is 6.81. The Labute approximate surface area is 137 Å². The molecule has 0 spiro atoms. The first-order valence-electron chi connectivity index (χ1n) is 8.73. The van der Waals surface area contributed by atoms with Crippen LogP contribution in [-0.2, 0) is 4.79 Å². The number of carboxylic acid groups (broad SMARTS) is 1. The molecular formula is C18H26N2O3. The van der Waals surface area contributed by atoms with Gasteiger partial charge in [0.2, 0.25) is 0 Å². The topological polar surface area (TPSA) is 62.7 Å². The van der Waals surface area contributed by atoms with Gasteiger partial charge in [0.1, 0.15) is 11.9 Å². The van der Waals surface area contributed by atoms with Crippen LogP contribution in [0, 0.1) is 5.92 Å². The van der Waals surface area contributed by atoms with Crippen LogP contribution in [0.3, 0.4) is 0 Å². The third-order valence-electron chi connectivity index (χ3n) is 5.23. The van der Waals surface area contributed by atoms with E-state index in [-0.39, 0.29) is 0 Å². The summed E-state index contributed by atoms with van der Waals surface area (Å²) in [6, 6.07) is 4.47. The SMILES string of the molecule is O=C(O)CC1CCC(N2CCC(Oc3ccncc3)CC2)CC1. The smallest absolute Gasteiger partial charge is 0.303 e. The van der Waals surface area contributed by atoms with Crippen molar-refractivity contribution in [3.63, 3.8) is 0 Å². The number of ether oxygens (including phenoxy) is 1. The van der Waals surface area contributed by atoms with Crippen molar-refractivity contribution in [2.45, 2.75) is 57.1 Å². The van der Waals surface area contributed by atoms with Crippen LogP contribution >= 0.6 is 0 Å². The number of rotatable bonds is 5. The molecule has 0 atom stereocenters. The van der Waals surface area contributed by atoms with Gasteiger partial charge in [0, 0.05) is 37.9 Å². The predicted molar refractivity (Wildman–Crippen MR) is 87.5 cm³/mol. The van der Waals surface area contributed by atoms with Crippen LogP contribution in [0.4, 0.5) is 0 Å². The second-order valence-electron chi connectivity index (χ2n) is 6.81.